The molecule has 2 aliphatic heterocycles. The van der Waals surface area contributed by atoms with E-state index in [-0.39, 0.29) is 5.91 Å². The third-order valence-corrected chi connectivity index (χ3v) is 6.22. The fraction of sp³-hybridized carbons (Fsp3) is 0.667. The van der Waals surface area contributed by atoms with Gasteiger partial charge in [-0.3, -0.25) is 4.79 Å². The summed E-state index contributed by atoms with van der Waals surface area (Å²) < 4.78 is 12.5. The first-order valence-corrected chi connectivity index (χ1v) is 9.10. The smallest absolute Gasteiger partial charge is 0.263 e. The Balaban J connectivity index is 1.65. The van der Waals surface area contributed by atoms with Crippen LogP contribution in [0.2, 0.25) is 0 Å². The number of amides is 1. The average Bonchev–Trinajstić information content (AvgIpc) is 3.08. The largest absolute Gasteiger partial charge is 0.347 e. The number of piperidine rings is 1. The molecule has 2 saturated heterocycles. The molecule has 3 heterocycles. The van der Waals surface area contributed by atoms with Crippen LogP contribution in [0.5, 0.6) is 0 Å². The van der Waals surface area contributed by atoms with Crippen molar-refractivity contribution in [3.63, 3.8) is 0 Å². The van der Waals surface area contributed by atoms with Crippen molar-refractivity contribution in [2.45, 2.75) is 38.4 Å². The Kier molecular flexibility index (Phi) is 4.69. The van der Waals surface area contributed by atoms with E-state index in [1.165, 1.54) is 4.88 Å². The van der Waals surface area contributed by atoms with Crippen LogP contribution in [0.25, 0.3) is 0 Å². The lowest BCUT2D eigenvalue weighted by molar-refractivity contribution is -0.181. The van der Waals surface area contributed by atoms with E-state index in [0.717, 1.165) is 35.0 Å². The molecule has 0 radical (unpaired) electrons. The van der Waals surface area contributed by atoms with Gasteiger partial charge in [0.25, 0.3) is 5.91 Å². The highest BCUT2D eigenvalue weighted by Crippen LogP contribution is 2.34. The topological polar surface area (TPSA) is 38.8 Å². The van der Waals surface area contributed by atoms with Gasteiger partial charge in [-0.1, -0.05) is 13.3 Å². The summed E-state index contributed by atoms with van der Waals surface area (Å²) in [6.07, 6.45) is 3.65. The van der Waals surface area contributed by atoms with Gasteiger partial charge < -0.3 is 14.4 Å². The van der Waals surface area contributed by atoms with Crippen molar-refractivity contribution in [1.29, 1.82) is 0 Å². The summed E-state index contributed by atoms with van der Waals surface area (Å²) in [4.78, 5) is 16.6. The Labute approximate surface area is 137 Å². The van der Waals surface area contributed by atoms with Crippen molar-refractivity contribution in [1.82, 2.24) is 4.90 Å². The number of rotatable bonds is 3. The van der Waals surface area contributed by atoms with E-state index in [1.807, 2.05) is 11.0 Å². The maximum Gasteiger partial charge on any atom is 0.263 e. The summed E-state index contributed by atoms with van der Waals surface area (Å²) in [5, 5.41) is 0. The van der Waals surface area contributed by atoms with E-state index in [1.54, 1.807) is 11.3 Å². The molecule has 0 aromatic carbocycles. The molecule has 0 unspecified atom stereocenters. The van der Waals surface area contributed by atoms with Gasteiger partial charge in [0.2, 0.25) is 0 Å². The molecule has 0 saturated carbocycles. The highest BCUT2D eigenvalue weighted by Gasteiger charge is 2.41. The number of hydrogen-bond acceptors (Lipinski definition) is 4. The van der Waals surface area contributed by atoms with Gasteiger partial charge in [-0.05, 0) is 28.4 Å². The van der Waals surface area contributed by atoms with Gasteiger partial charge in [-0.25, -0.2) is 0 Å². The van der Waals surface area contributed by atoms with Crippen LogP contribution in [0.1, 0.15) is 40.7 Å². The first-order chi connectivity index (χ1) is 10.1. The number of hydrogen-bond donors (Lipinski definition) is 0. The maximum atomic E-state index is 12.6. The first-order valence-electron chi connectivity index (χ1n) is 7.49. The molecule has 1 spiro atoms. The van der Waals surface area contributed by atoms with Crippen LogP contribution in [0.4, 0.5) is 0 Å². The number of likely N-dealkylation sites (tertiary alicyclic amines) is 1. The molecule has 0 N–H and O–H groups in total. The van der Waals surface area contributed by atoms with E-state index in [4.69, 9.17) is 9.47 Å². The third kappa shape index (κ3) is 3.18. The van der Waals surface area contributed by atoms with Gasteiger partial charge in [0.15, 0.2) is 5.79 Å². The first kappa shape index (κ1) is 15.5. The second kappa shape index (κ2) is 6.36. The Morgan fingerprint density at radius 2 is 2.05 bits per heavy atom. The van der Waals surface area contributed by atoms with Crippen LogP contribution in [-0.4, -0.2) is 42.9 Å². The molecular weight excluding hydrogens is 354 g/mol. The van der Waals surface area contributed by atoms with Gasteiger partial charge >= 0.3 is 0 Å². The zero-order valence-corrected chi connectivity index (χ0v) is 14.6. The summed E-state index contributed by atoms with van der Waals surface area (Å²) in [7, 11) is 0. The Hall–Kier alpha value is -0.430. The monoisotopic (exact) mass is 373 g/mol. The minimum Gasteiger partial charge on any atom is -0.347 e. The summed E-state index contributed by atoms with van der Waals surface area (Å²) >= 11 is 5.17. The van der Waals surface area contributed by atoms with E-state index < -0.39 is 5.79 Å². The molecular formula is C15H20BrNO3S. The fourth-order valence-electron chi connectivity index (χ4n) is 2.90. The van der Waals surface area contributed by atoms with Gasteiger partial charge in [0, 0.05) is 35.3 Å². The van der Waals surface area contributed by atoms with Crippen LogP contribution in [-0.2, 0) is 15.9 Å². The van der Waals surface area contributed by atoms with Crippen molar-refractivity contribution in [2.24, 2.45) is 0 Å². The molecule has 21 heavy (non-hydrogen) atoms. The van der Waals surface area contributed by atoms with Crippen molar-refractivity contribution in [3.05, 3.63) is 20.3 Å². The fourth-order valence-corrected chi connectivity index (χ4v) is 4.84. The minimum absolute atomic E-state index is 0.135. The van der Waals surface area contributed by atoms with E-state index >= 15 is 0 Å². The van der Waals surface area contributed by atoms with E-state index in [0.29, 0.717) is 26.3 Å². The summed E-state index contributed by atoms with van der Waals surface area (Å²) in [6.45, 7) is 4.91. The highest BCUT2D eigenvalue weighted by molar-refractivity contribution is 9.10. The highest BCUT2D eigenvalue weighted by atomic mass is 79.9. The van der Waals surface area contributed by atoms with Crippen LogP contribution in [0, 0.1) is 0 Å². The molecule has 4 nitrogen and oxygen atoms in total. The molecule has 2 fully saturated rings. The molecule has 6 heteroatoms. The normalized spacial score (nSPS) is 21.1. The third-order valence-electron chi connectivity index (χ3n) is 4.07. The summed E-state index contributed by atoms with van der Waals surface area (Å²) in [5.74, 6) is -0.281. The lowest BCUT2D eigenvalue weighted by Crippen LogP contribution is -2.47. The second-order valence-electron chi connectivity index (χ2n) is 5.53. The number of nitrogens with zero attached hydrogens (tertiary/aromatic N) is 1. The molecule has 1 aromatic heterocycles. The molecule has 0 atom stereocenters. The molecule has 2 aliphatic rings. The van der Waals surface area contributed by atoms with Crippen LogP contribution < -0.4 is 0 Å². The zero-order valence-electron chi connectivity index (χ0n) is 12.2. The van der Waals surface area contributed by atoms with Gasteiger partial charge in [0.1, 0.15) is 0 Å². The number of carbonyl (C=O) groups is 1. The number of halogens is 1. The number of ether oxygens (including phenoxy) is 2. The average molecular weight is 374 g/mol. The summed E-state index contributed by atoms with van der Waals surface area (Å²) in [6, 6.07) is 1.96. The van der Waals surface area contributed by atoms with E-state index in [2.05, 4.69) is 22.9 Å². The quantitative estimate of drug-likeness (QED) is 0.814. The molecule has 0 bridgehead atoms. The Bertz CT molecular complexity index is 515. The molecule has 1 aromatic rings. The zero-order chi connectivity index (χ0) is 14.9. The molecule has 116 valence electrons. The minimum atomic E-state index is -0.416. The number of thiophene rings is 1. The maximum absolute atomic E-state index is 12.6. The second-order valence-corrected chi connectivity index (χ2v) is 7.52. The number of aryl methyl sites for hydroxylation is 1. The van der Waals surface area contributed by atoms with Crippen molar-refractivity contribution >= 4 is 33.2 Å². The predicted molar refractivity (Wildman–Crippen MR) is 85.8 cm³/mol. The van der Waals surface area contributed by atoms with Crippen LogP contribution in [0.15, 0.2) is 10.5 Å². The lowest BCUT2D eigenvalue weighted by Gasteiger charge is -2.37. The Morgan fingerprint density at radius 3 is 2.67 bits per heavy atom. The number of carbonyl (C=O) groups excluding carboxylic acids is 1. The molecule has 3 rings (SSSR count). The Morgan fingerprint density at radius 1 is 1.38 bits per heavy atom. The van der Waals surface area contributed by atoms with Crippen molar-refractivity contribution in [2.75, 3.05) is 26.3 Å². The molecule has 1 amide bonds. The van der Waals surface area contributed by atoms with Crippen molar-refractivity contribution in [3.8, 4) is 0 Å². The molecule has 0 aliphatic carbocycles. The van der Waals surface area contributed by atoms with Gasteiger partial charge in [0.05, 0.1) is 18.1 Å². The van der Waals surface area contributed by atoms with Crippen LogP contribution in [0.3, 0.4) is 0 Å². The predicted octanol–water partition coefficient (Wildman–Crippen LogP) is 3.44. The van der Waals surface area contributed by atoms with Gasteiger partial charge in [-0.2, -0.15) is 0 Å². The van der Waals surface area contributed by atoms with E-state index in [9.17, 15) is 4.79 Å². The summed E-state index contributed by atoms with van der Waals surface area (Å²) in [5.41, 5.74) is 0. The SMILES string of the molecule is CCCc1sc(C(=O)N2CCC3(CC2)OCCO3)cc1Br. The lowest BCUT2D eigenvalue weighted by atomic mass is 10.0. The standard InChI is InChI=1S/C15H20BrNO3S/c1-2-3-12-11(16)10-13(21-12)14(18)17-6-4-15(5-7-17)19-8-9-20-15/h10H,2-9H2,1H3. The van der Waals surface area contributed by atoms with Gasteiger partial charge in [-0.15, -0.1) is 11.3 Å². The van der Waals surface area contributed by atoms with Crippen LogP contribution >= 0.6 is 27.3 Å². The van der Waals surface area contributed by atoms with Crippen molar-refractivity contribution < 1.29 is 14.3 Å².